The van der Waals surface area contributed by atoms with Gasteiger partial charge in [0.05, 0.1) is 28.9 Å². The van der Waals surface area contributed by atoms with Gasteiger partial charge in [-0.25, -0.2) is 0 Å². The highest BCUT2D eigenvalue weighted by molar-refractivity contribution is 6.05. The van der Waals surface area contributed by atoms with Gasteiger partial charge in [-0.05, 0) is 83.1 Å². The highest BCUT2D eigenvalue weighted by Crippen LogP contribution is 2.39. The highest BCUT2D eigenvalue weighted by atomic mass is 19.4. The first kappa shape index (κ1) is 26.8. The second kappa shape index (κ2) is 10.3. The Morgan fingerprint density at radius 3 is 2.44 bits per heavy atom. The zero-order valence-electron chi connectivity index (χ0n) is 22.8. The van der Waals surface area contributed by atoms with Crippen molar-refractivity contribution in [3.05, 3.63) is 130 Å². The third-order valence-corrected chi connectivity index (χ3v) is 7.92. The molecule has 0 bridgehead atoms. The van der Waals surface area contributed by atoms with Crippen LogP contribution in [0.15, 0.2) is 102 Å². The monoisotopic (exact) mass is 575 g/mol. The first-order valence-electron chi connectivity index (χ1n) is 13.8. The first-order valence-corrected chi connectivity index (χ1v) is 13.8. The Labute approximate surface area is 244 Å². The fourth-order valence-corrected chi connectivity index (χ4v) is 5.76. The minimum Gasteiger partial charge on any atom is -0.392 e. The van der Waals surface area contributed by atoms with Gasteiger partial charge in [-0.15, -0.1) is 0 Å². The van der Waals surface area contributed by atoms with Crippen molar-refractivity contribution in [2.45, 2.75) is 25.6 Å². The van der Waals surface area contributed by atoms with Gasteiger partial charge < -0.3 is 5.11 Å². The fourth-order valence-electron chi connectivity index (χ4n) is 5.76. The van der Waals surface area contributed by atoms with Crippen molar-refractivity contribution in [3.8, 4) is 27.9 Å². The fraction of sp³-hybridized carbons (Fsp3) is 0.114. The van der Waals surface area contributed by atoms with Gasteiger partial charge in [0.15, 0.2) is 0 Å². The van der Waals surface area contributed by atoms with Crippen LogP contribution < -0.4 is 5.56 Å². The Morgan fingerprint density at radius 1 is 0.837 bits per heavy atom. The Hall–Kier alpha value is -5.08. The third kappa shape index (κ3) is 4.79. The van der Waals surface area contributed by atoms with E-state index in [1.165, 1.54) is 22.8 Å². The molecular formula is C35H24F3N3O2. The molecule has 0 atom stereocenters. The number of nitrogens with zero attached hydrogens (tertiary/aromatic N) is 3. The lowest BCUT2D eigenvalue weighted by atomic mass is 9.96. The Morgan fingerprint density at radius 2 is 1.65 bits per heavy atom. The second-order valence-corrected chi connectivity index (χ2v) is 10.6. The number of fused-ring (bicyclic) bond motifs is 4. The van der Waals surface area contributed by atoms with E-state index in [0.717, 1.165) is 41.3 Å². The zero-order chi connectivity index (χ0) is 29.7. The predicted molar refractivity (Wildman–Crippen MR) is 162 cm³/mol. The van der Waals surface area contributed by atoms with Gasteiger partial charge in [0, 0.05) is 40.5 Å². The molecule has 212 valence electrons. The largest absolute Gasteiger partial charge is 0.417 e. The summed E-state index contributed by atoms with van der Waals surface area (Å²) in [6, 6.07) is 21.0. The number of aliphatic hydroxyl groups is 1. The van der Waals surface area contributed by atoms with Crippen molar-refractivity contribution in [2.24, 2.45) is 0 Å². The van der Waals surface area contributed by atoms with Crippen LogP contribution in [0.1, 0.15) is 28.8 Å². The Bertz CT molecular complexity index is 2130. The van der Waals surface area contributed by atoms with E-state index in [0.29, 0.717) is 32.9 Å². The molecule has 0 unspecified atom stereocenters. The summed E-state index contributed by atoms with van der Waals surface area (Å²) in [5.74, 6) is 0. The summed E-state index contributed by atoms with van der Waals surface area (Å²) in [6.07, 6.45) is 4.72. The molecule has 6 aromatic rings. The number of allylic oxidation sites excluding steroid dienone is 1. The van der Waals surface area contributed by atoms with Crippen LogP contribution in [0.25, 0.3) is 55.8 Å². The molecule has 43 heavy (non-hydrogen) atoms. The van der Waals surface area contributed by atoms with Crippen LogP contribution in [0.2, 0.25) is 0 Å². The van der Waals surface area contributed by atoms with Gasteiger partial charge in [0.25, 0.3) is 5.56 Å². The lowest BCUT2D eigenvalue weighted by Gasteiger charge is -2.18. The van der Waals surface area contributed by atoms with Gasteiger partial charge >= 0.3 is 6.18 Å². The number of alkyl halides is 3. The molecular weight excluding hydrogens is 551 g/mol. The van der Waals surface area contributed by atoms with Crippen LogP contribution in [0.5, 0.6) is 0 Å². The van der Waals surface area contributed by atoms with E-state index in [2.05, 4.69) is 22.1 Å². The normalized spacial score (nSPS) is 13.0. The zero-order valence-corrected chi connectivity index (χ0v) is 22.8. The molecule has 0 aliphatic heterocycles. The molecule has 8 heteroatoms. The molecule has 3 aromatic heterocycles. The van der Waals surface area contributed by atoms with E-state index in [4.69, 9.17) is 0 Å². The lowest BCUT2D eigenvalue weighted by molar-refractivity contribution is -0.137. The average molecular weight is 576 g/mol. The molecule has 0 amide bonds. The second-order valence-electron chi connectivity index (χ2n) is 10.6. The SMILES string of the molecule is O=c1ccc2cnc3ccc(-c4cnc5c(c4)CCC=C5)cc3c2n1-c1ccc(-c2ccc(CO)cc2)c(C(F)(F)F)c1. The summed E-state index contributed by atoms with van der Waals surface area (Å²) >= 11 is 0. The maximum absolute atomic E-state index is 14.5. The smallest absolute Gasteiger partial charge is 0.392 e. The van der Waals surface area contributed by atoms with Crippen LogP contribution >= 0.6 is 0 Å². The molecule has 0 fully saturated rings. The summed E-state index contributed by atoms with van der Waals surface area (Å²) < 4.78 is 44.7. The summed E-state index contributed by atoms with van der Waals surface area (Å²) in [5, 5.41) is 10.6. The minimum atomic E-state index is -4.68. The van der Waals surface area contributed by atoms with E-state index in [1.54, 1.807) is 36.5 Å². The number of hydrogen-bond donors (Lipinski definition) is 1. The topological polar surface area (TPSA) is 68.0 Å². The van der Waals surface area contributed by atoms with E-state index in [9.17, 15) is 23.1 Å². The summed E-state index contributed by atoms with van der Waals surface area (Å²) in [5.41, 5.74) is 4.68. The minimum absolute atomic E-state index is 0.0161. The van der Waals surface area contributed by atoms with Crippen molar-refractivity contribution in [1.82, 2.24) is 14.5 Å². The molecule has 7 rings (SSSR count). The van der Waals surface area contributed by atoms with Gasteiger partial charge in [-0.1, -0.05) is 42.5 Å². The molecule has 3 heterocycles. The Kier molecular flexibility index (Phi) is 6.43. The number of aryl methyl sites for hydroxylation is 1. The lowest BCUT2D eigenvalue weighted by Crippen LogP contribution is -2.19. The number of benzene rings is 3. The number of rotatable bonds is 4. The van der Waals surface area contributed by atoms with Gasteiger partial charge in [-0.2, -0.15) is 13.2 Å². The van der Waals surface area contributed by atoms with Crippen LogP contribution in [0.3, 0.4) is 0 Å². The summed E-state index contributed by atoms with van der Waals surface area (Å²) in [6.45, 7) is -0.208. The summed E-state index contributed by atoms with van der Waals surface area (Å²) in [7, 11) is 0. The molecule has 0 saturated heterocycles. The van der Waals surface area contributed by atoms with Crippen LogP contribution in [0.4, 0.5) is 13.2 Å². The van der Waals surface area contributed by atoms with E-state index in [-0.39, 0.29) is 17.9 Å². The standard InChI is InChI=1S/C35H24F3N3O2/c36-35(37,38)30-17-27(11-12-28(30)22-7-5-21(20-42)6-8-22)41-33(43)14-10-25-18-40-32-13-9-23(16-29(32)34(25)41)26-15-24-3-1-2-4-31(24)39-19-26/h2,4-19,42H,1,3,20H2. The number of hydrogen-bond acceptors (Lipinski definition) is 4. The predicted octanol–water partition coefficient (Wildman–Crippen LogP) is 7.74. The van der Waals surface area contributed by atoms with Gasteiger partial charge in [0.2, 0.25) is 0 Å². The van der Waals surface area contributed by atoms with Crippen molar-refractivity contribution in [2.75, 3.05) is 0 Å². The third-order valence-electron chi connectivity index (χ3n) is 7.92. The van der Waals surface area contributed by atoms with E-state index >= 15 is 0 Å². The molecule has 0 saturated carbocycles. The van der Waals surface area contributed by atoms with Crippen molar-refractivity contribution in [1.29, 1.82) is 0 Å². The quantitative estimate of drug-likeness (QED) is 0.218. The number of pyridine rings is 3. The molecule has 0 radical (unpaired) electrons. The Balaban J connectivity index is 1.44. The van der Waals surface area contributed by atoms with E-state index in [1.807, 2.05) is 30.5 Å². The van der Waals surface area contributed by atoms with Crippen molar-refractivity contribution in [3.63, 3.8) is 0 Å². The highest BCUT2D eigenvalue weighted by Gasteiger charge is 2.34. The molecule has 1 aliphatic rings. The van der Waals surface area contributed by atoms with E-state index < -0.39 is 17.3 Å². The molecule has 1 N–H and O–H groups in total. The molecule has 3 aromatic carbocycles. The first-order chi connectivity index (χ1) is 20.8. The van der Waals surface area contributed by atoms with Crippen LogP contribution in [-0.2, 0) is 19.2 Å². The molecule has 1 aliphatic carbocycles. The molecule has 0 spiro atoms. The average Bonchev–Trinajstić information content (AvgIpc) is 3.03. The maximum Gasteiger partial charge on any atom is 0.417 e. The molecule has 5 nitrogen and oxygen atoms in total. The van der Waals surface area contributed by atoms with Gasteiger partial charge in [0.1, 0.15) is 0 Å². The maximum atomic E-state index is 14.5. The number of aromatic nitrogens is 3. The number of aliphatic hydroxyl groups excluding tert-OH is 1. The summed E-state index contributed by atoms with van der Waals surface area (Å²) in [4.78, 5) is 22.6. The number of halogens is 3. The van der Waals surface area contributed by atoms with Crippen LogP contribution in [0, 0.1) is 0 Å². The van der Waals surface area contributed by atoms with Crippen molar-refractivity contribution >= 4 is 27.9 Å². The van der Waals surface area contributed by atoms with Crippen LogP contribution in [-0.4, -0.2) is 19.6 Å². The van der Waals surface area contributed by atoms with Crippen molar-refractivity contribution < 1.29 is 18.3 Å². The van der Waals surface area contributed by atoms with Gasteiger partial charge in [-0.3, -0.25) is 19.3 Å².